The van der Waals surface area contributed by atoms with E-state index >= 15 is 0 Å². The summed E-state index contributed by atoms with van der Waals surface area (Å²) in [5, 5.41) is 3.48. The lowest BCUT2D eigenvalue weighted by Crippen LogP contribution is -2.20. The molecule has 2 rings (SSSR count). The first-order valence-electron chi connectivity index (χ1n) is 7.03. The highest BCUT2D eigenvalue weighted by molar-refractivity contribution is 6.31. The zero-order chi connectivity index (χ0) is 16.1. The fourth-order valence-corrected chi connectivity index (χ4v) is 2.45. The molecular weight excluding hydrogens is 300 g/mol. The summed E-state index contributed by atoms with van der Waals surface area (Å²) in [5.41, 5.74) is 4.34. The molecule has 1 heterocycles. The van der Waals surface area contributed by atoms with Gasteiger partial charge in [-0.05, 0) is 44.0 Å². The van der Waals surface area contributed by atoms with Crippen molar-refractivity contribution in [3.05, 3.63) is 57.9 Å². The van der Waals surface area contributed by atoms with Gasteiger partial charge in [-0.15, -0.1) is 0 Å². The predicted molar refractivity (Wildman–Crippen MR) is 88.2 cm³/mol. The topological polar surface area (TPSA) is 51.2 Å². The van der Waals surface area contributed by atoms with Crippen molar-refractivity contribution in [3.8, 4) is 0 Å². The van der Waals surface area contributed by atoms with Gasteiger partial charge >= 0.3 is 0 Å². The van der Waals surface area contributed by atoms with E-state index in [1.165, 1.54) is 0 Å². The van der Waals surface area contributed by atoms with Crippen LogP contribution >= 0.6 is 11.6 Å². The molecule has 4 nitrogen and oxygen atoms in total. The summed E-state index contributed by atoms with van der Waals surface area (Å²) >= 11 is 6.04. The highest BCUT2D eigenvalue weighted by Crippen LogP contribution is 2.19. The Morgan fingerprint density at radius 1 is 1.27 bits per heavy atom. The summed E-state index contributed by atoms with van der Waals surface area (Å²) in [4.78, 5) is 16.3. The standard InChI is InChI=1S/C17H19ClN2O2/c1-11-8-12(2)19-13(3)17(11)20-16(21)10-22-9-14-6-4-5-7-15(14)18/h4-8H,9-10H2,1-3H3,(H,20,21). The molecule has 0 spiro atoms. The molecule has 2 aromatic rings. The van der Waals surface area contributed by atoms with Gasteiger partial charge in [0.05, 0.1) is 18.0 Å². The zero-order valence-electron chi connectivity index (χ0n) is 12.9. The number of pyridine rings is 1. The van der Waals surface area contributed by atoms with Gasteiger partial charge in [0, 0.05) is 10.7 Å². The first-order chi connectivity index (χ1) is 10.5. The number of halogens is 1. The van der Waals surface area contributed by atoms with Crippen molar-refractivity contribution < 1.29 is 9.53 Å². The van der Waals surface area contributed by atoms with Crippen molar-refractivity contribution in [2.24, 2.45) is 0 Å². The lowest BCUT2D eigenvalue weighted by molar-refractivity contribution is -0.121. The van der Waals surface area contributed by atoms with Gasteiger partial charge in [-0.25, -0.2) is 0 Å². The van der Waals surface area contributed by atoms with Crippen molar-refractivity contribution >= 4 is 23.2 Å². The van der Waals surface area contributed by atoms with Crippen LogP contribution in [0.25, 0.3) is 0 Å². The summed E-state index contributed by atoms with van der Waals surface area (Å²) in [6.07, 6.45) is 0. The molecule has 0 saturated heterocycles. The molecule has 22 heavy (non-hydrogen) atoms. The molecule has 0 aliphatic rings. The van der Waals surface area contributed by atoms with Gasteiger partial charge in [-0.3, -0.25) is 9.78 Å². The Morgan fingerprint density at radius 3 is 2.68 bits per heavy atom. The number of amides is 1. The maximum Gasteiger partial charge on any atom is 0.250 e. The number of anilines is 1. The quantitative estimate of drug-likeness (QED) is 0.912. The fraction of sp³-hybridized carbons (Fsp3) is 0.294. The van der Waals surface area contributed by atoms with Crippen LogP contribution in [0.1, 0.15) is 22.5 Å². The van der Waals surface area contributed by atoms with Gasteiger partial charge in [-0.2, -0.15) is 0 Å². The van der Waals surface area contributed by atoms with E-state index < -0.39 is 0 Å². The van der Waals surface area contributed by atoms with Crippen LogP contribution in [0.15, 0.2) is 30.3 Å². The number of ether oxygens (including phenoxy) is 1. The number of carbonyl (C=O) groups is 1. The Bertz CT molecular complexity index is 663. The van der Waals surface area contributed by atoms with Gasteiger partial charge in [0.15, 0.2) is 0 Å². The number of hydrogen-bond donors (Lipinski definition) is 1. The normalized spacial score (nSPS) is 10.5. The second-order valence-corrected chi connectivity index (χ2v) is 5.58. The van der Waals surface area contributed by atoms with Crippen LogP contribution in [0.2, 0.25) is 5.02 Å². The summed E-state index contributed by atoms with van der Waals surface area (Å²) in [6, 6.07) is 9.35. The first-order valence-corrected chi connectivity index (χ1v) is 7.41. The van der Waals surface area contributed by atoms with Crippen LogP contribution < -0.4 is 5.32 Å². The van der Waals surface area contributed by atoms with Crippen molar-refractivity contribution in [2.75, 3.05) is 11.9 Å². The van der Waals surface area contributed by atoms with Crippen LogP contribution in [0.3, 0.4) is 0 Å². The molecule has 1 amide bonds. The molecule has 0 aliphatic heterocycles. The van der Waals surface area contributed by atoms with Crippen molar-refractivity contribution in [3.63, 3.8) is 0 Å². The molecule has 116 valence electrons. The second kappa shape index (κ2) is 7.38. The molecule has 0 aliphatic carbocycles. The molecule has 0 unspecified atom stereocenters. The van der Waals surface area contributed by atoms with Gasteiger partial charge < -0.3 is 10.1 Å². The van der Waals surface area contributed by atoms with Crippen molar-refractivity contribution in [1.82, 2.24) is 4.98 Å². The lowest BCUT2D eigenvalue weighted by Gasteiger charge is -2.12. The van der Waals surface area contributed by atoms with Crippen molar-refractivity contribution in [2.45, 2.75) is 27.4 Å². The molecule has 1 N–H and O–H groups in total. The number of carbonyl (C=O) groups excluding carboxylic acids is 1. The third kappa shape index (κ3) is 4.29. The average molecular weight is 319 g/mol. The van der Waals surface area contributed by atoms with E-state index in [4.69, 9.17) is 16.3 Å². The Morgan fingerprint density at radius 2 is 2.00 bits per heavy atom. The maximum absolute atomic E-state index is 12.0. The number of rotatable bonds is 5. The van der Waals surface area contributed by atoms with E-state index in [0.717, 1.165) is 28.2 Å². The van der Waals surface area contributed by atoms with Crippen LogP contribution in [0, 0.1) is 20.8 Å². The third-order valence-corrected chi connectivity index (χ3v) is 3.61. The monoisotopic (exact) mass is 318 g/mol. The molecule has 0 fully saturated rings. The average Bonchev–Trinajstić information content (AvgIpc) is 2.45. The minimum Gasteiger partial charge on any atom is -0.367 e. The van der Waals surface area contributed by atoms with Gasteiger partial charge in [0.25, 0.3) is 0 Å². The molecule has 1 aromatic heterocycles. The summed E-state index contributed by atoms with van der Waals surface area (Å²) in [6.45, 7) is 6.02. The summed E-state index contributed by atoms with van der Waals surface area (Å²) in [5.74, 6) is -0.205. The Kier molecular flexibility index (Phi) is 5.52. The van der Waals surface area contributed by atoms with Crippen LogP contribution in [0.5, 0.6) is 0 Å². The third-order valence-electron chi connectivity index (χ3n) is 3.24. The van der Waals surface area contributed by atoms with E-state index in [1.807, 2.05) is 45.0 Å². The number of nitrogens with zero attached hydrogens (tertiary/aromatic N) is 1. The molecular formula is C17H19ClN2O2. The number of hydrogen-bond acceptors (Lipinski definition) is 3. The number of aromatic nitrogens is 1. The SMILES string of the molecule is Cc1cc(C)c(NC(=O)COCc2ccccc2Cl)c(C)n1. The van der Waals surface area contributed by atoms with Crippen molar-refractivity contribution in [1.29, 1.82) is 0 Å². The molecule has 0 saturated carbocycles. The molecule has 1 aromatic carbocycles. The van der Waals surface area contributed by atoms with Gasteiger partial charge in [0.1, 0.15) is 6.61 Å². The first kappa shape index (κ1) is 16.5. The number of aryl methyl sites for hydroxylation is 3. The second-order valence-electron chi connectivity index (χ2n) is 5.17. The Labute approximate surface area is 135 Å². The van der Waals surface area contributed by atoms with Gasteiger partial charge in [0.2, 0.25) is 5.91 Å². The minimum atomic E-state index is -0.205. The zero-order valence-corrected chi connectivity index (χ0v) is 13.7. The van der Waals surface area contributed by atoms with E-state index in [2.05, 4.69) is 10.3 Å². The minimum absolute atomic E-state index is 0.0298. The molecule has 0 bridgehead atoms. The smallest absolute Gasteiger partial charge is 0.250 e. The van der Waals surface area contributed by atoms with E-state index in [0.29, 0.717) is 11.6 Å². The molecule has 5 heteroatoms. The lowest BCUT2D eigenvalue weighted by atomic mass is 10.1. The Balaban J connectivity index is 1.90. The molecule has 0 radical (unpaired) electrons. The summed E-state index contributed by atoms with van der Waals surface area (Å²) in [7, 11) is 0. The molecule has 0 atom stereocenters. The highest BCUT2D eigenvalue weighted by atomic mass is 35.5. The van der Waals surface area contributed by atoms with E-state index in [1.54, 1.807) is 6.07 Å². The number of nitrogens with one attached hydrogen (secondary N) is 1. The van der Waals surface area contributed by atoms with Crippen LogP contribution in [-0.4, -0.2) is 17.5 Å². The highest BCUT2D eigenvalue weighted by Gasteiger charge is 2.10. The maximum atomic E-state index is 12.0. The van der Waals surface area contributed by atoms with E-state index in [-0.39, 0.29) is 12.5 Å². The predicted octanol–water partition coefficient (Wildman–Crippen LogP) is 3.82. The fourth-order valence-electron chi connectivity index (χ4n) is 2.26. The summed E-state index contributed by atoms with van der Waals surface area (Å²) < 4.78 is 5.42. The van der Waals surface area contributed by atoms with E-state index in [9.17, 15) is 4.79 Å². The largest absolute Gasteiger partial charge is 0.367 e. The van der Waals surface area contributed by atoms with Gasteiger partial charge in [-0.1, -0.05) is 29.8 Å². The Hall–Kier alpha value is -1.91. The van der Waals surface area contributed by atoms with Crippen LogP contribution in [0.4, 0.5) is 5.69 Å². The number of benzene rings is 1. The van der Waals surface area contributed by atoms with Crippen LogP contribution in [-0.2, 0) is 16.1 Å².